The fourth-order valence-electron chi connectivity index (χ4n) is 10.7. The van der Waals surface area contributed by atoms with Crippen molar-refractivity contribution in [3.8, 4) is 33.6 Å². The van der Waals surface area contributed by atoms with Crippen molar-refractivity contribution in [2.75, 3.05) is 0 Å². The third kappa shape index (κ3) is 5.26. The SMILES string of the molecule is c1ccc2c(c1)c1ccccc1n2-c1ccc2sc3ccc(-c4ccc5sc6ccc(-c7ccc8sc9ccc(-n%10c%11ccccc%11c%11ccccc%11%10)cc9c8c7)cc6c5c4)cc3c2c1. The van der Waals surface area contributed by atoms with Crippen molar-refractivity contribution in [3.63, 3.8) is 0 Å². The van der Waals surface area contributed by atoms with Gasteiger partial charge < -0.3 is 9.13 Å². The Bertz CT molecular complexity index is 4100. The number of rotatable bonds is 4. The summed E-state index contributed by atoms with van der Waals surface area (Å²) >= 11 is 5.64. The molecule has 0 radical (unpaired) electrons. The van der Waals surface area contributed by atoms with Gasteiger partial charge in [-0.3, -0.25) is 0 Å². The molecule has 0 aliphatic rings. The van der Waals surface area contributed by atoms with Crippen molar-refractivity contribution in [2.45, 2.75) is 0 Å². The molecule has 0 aliphatic carbocycles. The predicted octanol–water partition coefficient (Wildman–Crippen LogP) is 18.3. The molecule has 0 amide bonds. The largest absolute Gasteiger partial charge is 0.309 e. The van der Waals surface area contributed by atoms with E-state index in [1.165, 1.54) is 138 Å². The summed E-state index contributed by atoms with van der Waals surface area (Å²) in [6.45, 7) is 0. The maximum atomic E-state index is 2.42. The minimum Gasteiger partial charge on any atom is -0.309 e. The topological polar surface area (TPSA) is 9.86 Å². The molecule has 0 fully saturated rings. The molecule has 5 aromatic heterocycles. The van der Waals surface area contributed by atoms with Crippen molar-refractivity contribution in [1.82, 2.24) is 9.13 Å². The highest BCUT2D eigenvalue weighted by Crippen LogP contribution is 2.44. The van der Waals surface area contributed by atoms with E-state index in [2.05, 4.69) is 215 Å². The number of thiophene rings is 3. The van der Waals surface area contributed by atoms with Crippen LogP contribution in [0.5, 0.6) is 0 Å². The standard InChI is InChI=1S/C60H34N2S3/c1-5-13-51-41(9-1)42-10-2-6-14-52(42)61(51)39-21-27-59-49(33-39)47-31-37(19-25-57(47)64-59)35-17-23-55-45(29-35)46-30-36(18-24-56(46)63-55)38-20-26-58-48(32-38)50-34-40(22-28-60(50)65-58)62-53-15-7-3-11-43(53)44-12-4-8-16-54(44)62/h1-34H. The zero-order valence-corrected chi connectivity index (χ0v) is 37.2. The van der Waals surface area contributed by atoms with E-state index in [0.29, 0.717) is 0 Å². The Balaban J connectivity index is 0.828. The lowest BCUT2D eigenvalue weighted by atomic mass is 9.98. The zero-order valence-electron chi connectivity index (χ0n) is 34.7. The highest BCUT2D eigenvalue weighted by molar-refractivity contribution is 7.26. The molecule has 0 spiro atoms. The Hall–Kier alpha value is -7.54. The summed E-state index contributed by atoms with van der Waals surface area (Å²) < 4.78 is 12.7. The molecule has 2 nitrogen and oxygen atoms in total. The molecule has 0 saturated carbocycles. The first-order chi connectivity index (χ1) is 32.2. The molecule has 0 bridgehead atoms. The quantitative estimate of drug-likeness (QED) is 0.167. The zero-order chi connectivity index (χ0) is 42.3. The smallest absolute Gasteiger partial charge is 0.0541 e. The molecular weight excluding hydrogens is 845 g/mol. The minimum atomic E-state index is 1.19. The molecule has 65 heavy (non-hydrogen) atoms. The van der Waals surface area contributed by atoms with E-state index in [4.69, 9.17) is 0 Å². The van der Waals surface area contributed by atoms with Gasteiger partial charge in [-0.25, -0.2) is 0 Å². The van der Waals surface area contributed by atoms with Gasteiger partial charge in [0, 0.05) is 93.4 Å². The van der Waals surface area contributed by atoms with Gasteiger partial charge in [-0.1, -0.05) is 97.1 Å². The van der Waals surface area contributed by atoms with Gasteiger partial charge in [-0.15, -0.1) is 34.0 Å². The van der Waals surface area contributed by atoms with Gasteiger partial charge in [0.25, 0.3) is 0 Å². The maximum absolute atomic E-state index is 2.42. The summed E-state index contributed by atoms with van der Waals surface area (Å²) in [4.78, 5) is 0. The second-order valence-corrected chi connectivity index (χ2v) is 20.5. The summed E-state index contributed by atoms with van der Waals surface area (Å²) in [5.74, 6) is 0. The maximum Gasteiger partial charge on any atom is 0.0541 e. The van der Waals surface area contributed by atoms with Gasteiger partial charge in [0.15, 0.2) is 0 Å². The fourth-order valence-corrected chi connectivity index (χ4v) is 13.9. The molecule has 0 atom stereocenters. The lowest BCUT2D eigenvalue weighted by molar-refractivity contribution is 1.19. The van der Waals surface area contributed by atoms with E-state index in [-0.39, 0.29) is 0 Å². The Morgan fingerprint density at radius 1 is 0.215 bits per heavy atom. The van der Waals surface area contributed by atoms with E-state index >= 15 is 0 Å². The highest BCUT2D eigenvalue weighted by atomic mass is 32.1. The molecule has 5 heteroatoms. The van der Waals surface area contributed by atoms with Crippen molar-refractivity contribution < 1.29 is 0 Å². The average Bonchev–Trinajstić information content (AvgIpc) is 4.17. The highest BCUT2D eigenvalue weighted by Gasteiger charge is 2.17. The number of nitrogens with zero attached hydrogens (tertiary/aromatic N) is 2. The Morgan fingerprint density at radius 3 is 0.754 bits per heavy atom. The second-order valence-electron chi connectivity index (χ2n) is 17.3. The van der Waals surface area contributed by atoms with Gasteiger partial charge in [-0.05, 0) is 131 Å². The van der Waals surface area contributed by atoms with E-state index < -0.39 is 0 Å². The summed E-state index contributed by atoms with van der Waals surface area (Å²) in [5.41, 5.74) is 12.3. The molecule has 0 aliphatic heterocycles. The molecule has 0 N–H and O–H groups in total. The average molecular weight is 879 g/mol. The number of hydrogen-bond acceptors (Lipinski definition) is 3. The Labute approximate surface area is 384 Å². The lowest BCUT2D eigenvalue weighted by Crippen LogP contribution is -1.93. The van der Waals surface area contributed by atoms with Crippen LogP contribution in [0.4, 0.5) is 0 Å². The van der Waals surface area contributed by atoms with Crippen LogP contribution in [-0.2, 0) is 0 Å². The monoisotopic (exact) mass is 878 g/mol. The number of aromatic nitrogens is 2. The van der Waals surface area contributed by atoms with E-state index in [1.54, 1.807) is 0 Å². The molecule has 5 heterocycles. The van der Waals surface area contributed by atoms with Gasteiger partial charge >= 0.3 is 0 Å². The molecule has 302 valence electrons. The van der Waals surface area contributed by atoms with Crippen molar-refractivity contribution in [3.05, 3.63) is 206 Å². The first-order valence-corrected chi connectivity index (χ1v) is 24.5. The molecular formula is C60H34N2S3. The fraction of sp³-hybridized carbons (Fsp3) is 0. The number of fused-ring (bicyclic) bond motifs is 15. The van der Waals surface area contributed by atoms with Crippen LogP contribution in [0.25, 0.3) is 138 Å². The van der Waals surface area contributed by atoms with E-state index in [0.717, 1.165) is 0 Å². The molecule has 15 aromatic rings. The van der Waals surface area contributed by atoms with Crippen molar-refractivity contribution in [1.29, 1.82) is 0 Å². The summed E-state index contributed by atoms with van der Waals surface area (Å²) in [7, 11) is 0. The molecule has 15 rings (SSSR count). The van der Waals surface area contributed by atoms with Crippen LogP contribution >= 0.6 is 34.0 Å². The number of hydrogen-bond donors (Lipinski definition) is 0. The van der Waals surface area contributed by atoms with Gasteiger partial charge in [0.2, 0.25) is 0 Å². The van der Waals surface area contributed by atoms with Crippen LogP contribution in [0, 0.1) is 0 Å². The lowest BCUT2D eigenvalue weighted by Gasteiger charge is -2.08. The van der Waals surface area contributed by atoms with E-state index in [9.17, 15) is 0 Å². The molecule has 0 unspecified atom stereocenters. The first kappa shape index (κ1) is 35.9. The van der Waals surface area contributed by atoms with Crippen molar-refractivity contribution >= 4 is 138 Å². The Morgan fingerprint density at radius 2 is 0.462 bits per heavy atom. The number of benzene rings is 10. The van der Waals surface area contributed by atoms with Crippen LogP contribution in [0.2, 0.25) is 0 Å². The van der Waals surface area contributed by atoms with Gasteiger partial charge in [-0.2, -0.15) is 0 Å². The van der Waals surface area contributed by atoms with Crippen molar-refractivity contribution in [2.24, 2.45) is 0 Å². The summed E-state index contributed by atoms with van der Waals surface area (Å²) in [5, 5.41) is 13.0. The number of para-hydroxylation sites is 4. The van der Waals surface area contributed by atoms with Crippen LogP contribution in [0.3, 0.4) is 0 Å². The van der Waals surface area contributed by atoms with Crippen LogP contribution in [-0.4, -0.2) is 9.13 Å². The van der Waals surface area contributed by atoms with Crippen LogP contribution in [0.1, 0.15) is 0 Å². The van der Waals surface area contributed by atoms with E-state index in [1.807, 2.05) is 34.0 Å². The summed E-state index contributed by atoms with van der Waals surface area (Å²) in [6, 6.07) is 77.2. The molecule has 0 saturated heterocycles. The predicted molar refractivity (Wildman–Crippen MR) is 285 cm³/mol. The molecule has 10 aromatic carbocycles. The first-order valence-electron chi connectivity index (χ1n) is 22.1. The second kappa shape index (κ2) is 13.5. The normalized spacial score (nSPS) is 12.3. The summed E-state index contributed by atoms with van der Waals surface area (Å²) in [6.07, 6.45) is 0. The minimum absolute atomic E-state index is 1.19. The third-order valence-electron chi connectivity index (χ3n) is 13.7. The van der Waals surface area contributed by atoms with Crippen LogP contribution < -0.4 is 0 Å². The van der Waals surface area contributed by atoms with Crippen LogP contribution in [0.15, 0.2) is 206 Å². The van der Waals surface area contributed by atoms with Gasteiger partial charge in [0.1, 0.15) is 0 Å². The van der Waals surface area contributed by atoms with Gasteiger partial charge in [0.05, 0.1) is 22.1 Å². The Kier molecular flexibility index (Phi) is 7.44. The third-order valence-corrected chi connectivity index (χ3v) is 17.2.